The molecule has 24 aromatic rings. The van der Waals surface area contributed by atoms with Crippen LogP contribution >= 0.6 is 0 Å². The SMILES string of the molecule is c1cc(-c2ccncc2)cc(-c2cc(-c3cc(-c4ccncc4)cc(-c4ccncc4)c3)cc(-c3cccc(-c4ccncc4)c3)n2)c1.c1ccc(-c2cc(-c3cc(-c4cccc(-c5ccccn5)c4)nc(-c4cccc(-c5ccccn5)c4)c3)cc(-c3ccccn3)c2)nc1.c1ccc(-c2cccc(-c3cc(-c4cc(-c5ccccn5)cc(-c5ccccn5)c4)cc(-c4cccc(-c5ccccc5)c4)n3)c2)cc1. The fourth-order valence-corrected chi connectivity index (χ4v) is 18.0. The highest BCUT2D eigenvalue weighted by atomic mass is 14.8. The summed E-state index contributed by atoms with van der Waals surface area (Å²) in [5.41, 5.74) is 43.1. The molecule has 24 rings (SSSR count). The quantitative estimate of drug-likeness (QED) is 0.0667. The standard InChI is InChI=1S/C45H31N3.2C43H29N5/c1-3-13-32(14-4-1)34-17-11-19-36(25-34)44-30-39(31-45(48-44)37-20-12-18-35(26-37)33-15-5-2-6-16-33)38-27-40(42-21-7-9-23-46-42)29-41(28-38)43-22-8-10-24-47-43;1-5-19-44-38(15-1)30-11-9-13-32(23-30)42-28-35(29-43(48-42)33-14-10-12-31(24-33)39-16-2-6-20-45-39)34-25-36(40-17-3-7-21-46-40)27-37(26-34)41-18-4-8-22-47-41;1-3-34(30-7-15-44-16-8-30)23-36(5-1)42-28-41(29-43(48-42)37-6-2-4-35(24-37)31-9-17-45-18-10-31)40-26-38(32-11-19-46-20-12-32)25-39(27-40)33-13-21-47-22-14-33/h1-31H;2*1-29H. The third-order valence-corrected chi connectivity index (χ3v) is 25.3. The van der Waals surface area contributed by atoms with Crippen molar-refractivity contribution < 1.29 is 0 Å². The van der Waals surface area contributed by atoms with E-state index in [9.17, 15) is 0 Å². The minimum absolute atomic E-state index is 0.867. The van der Waals surface area contributed by atoms with Gasteiger partial charge in [-0.1, -0.05) is 206 Å². The molecule has 13 nitrogen and oxygen atoms in total. The van der Waals surface area contributed by atoms with Gasteiger partial charge in [-0.3, -0.25) is 49.8 Å². The maximum atomic E-state index is 5.31. The van der Waals surface area contributed by atoms with E-state index in [1.807, 2.05) is 244 Å². The lowest BCUT2D eigenvalue weighted by atomic mass is 9.92. The van der Waals surface area contributed by atoms with Gasteiger partial charge in [0.15, 0.2) is 0 Å². The van der Waals surface area contributed by atoms with E-state index in [4.69, 9.17) is 24.9 Å². The second kappa shape index (κ2) is 42.5. The number of hydrogen-bond acceptors (Lipinski definition) is 13. The van der Waals surface area contributed by atoms with Gasteiger partial charge in [-0.05, 0) is 349 Å². The van der Waals surface area contributed by atoms with Crippen LogP contribution in [0, 0.1) is 0 Å². The zero-order chi connectivity index (χ0) is 96.4. The molecule has 0 radical (unpaired) electrons. The van der Waals surface area contributed by atoms with E-state index in [0.717, 1.165) is 224 Å². The lowest BCUT2D eigenvalue weighted by Gasteiger charge is -2.15. The topological polar surface area (TPSA) is 168 Å². The number of pyridine rings is 13. The molecule has 13 heteroatoms. The molecular formula is C131H89N13. The molecule has 13 aromatic heterocycles. The highest BCUT2D eigenvalue weighted by molar-refractivity contribution is 5.90. The second-order valence-electron chi connectivity index (χ2n) is 34.7. The molecule has 0 fully saturated rings. The number of aromatic nitrogens is 13. The molecule has 0 atom stereocenters. The molecule has 0 aliphatic rings. The molecular weight excluding hydrogens is 1760 g/mol. The maximum Gasteiger partial charge on any atom is 0.0715 e. The van der Waals surface area contributed by atoms with Gasteiger partial charge < -0.3 is 0 Å². The maximum absolute atomic E-state index is 5.31. The molecule has 0 saturated heterocycles. The summed E-state index contributed by atoms with van der Waals surface area (Å²) in [4.78, 5) is 60.7. The average Bonchev–Trinajstić information content (AvgIpc) is 0.783. The van der Waals surface area contributed by atoms with Gasteiger partial charge in [0, 0.05) is 154 Å². The van der Waals surface area contributed by atoms with Gasteiger partial charge in [-0.2, -0.15) is 0 Å². The number of rotatable bonds is 21. The van der Waals surface area contributed by atoms with Crippen LogP contribution in [0.25, 0.3) is 235 Å². The van der Waals surface area contributed by atoms with Crippen LogP contribution in [0.3, 0.4) is 0 Å². The van der Waals surface area contributed by atoms with Gasteiger partial charge in [0.05, 0.1) is 68.3 Å². The Morgan fingerprint density at radius 1 is 0.0833 bits per heavy atom. The van der Waals surface area contributed by atoms with E-state index in [1.165, 1.54) is 11.1 Å². The highest BCUT2D eigenvalue weighted by Gasteiger charge is 2.21. The van der Waals surface area contributed by atoms with E-state index in [2.05, 4.69) is 337 Å². The zero-order valence-electron chi connectivity index (χ0n) is 78.2. The Kier molecular flexibility index (Phi) is 26.5. The van der Waals surface area contributed by atoms with Crippen molar-refractivity contribution in [3.8, 4) is 235 Å². The summed E-state index contributed by atoms with van der Waals surface area (Å²) >= 11 is 0. The van der Waals surface area contributed by atoms with Crippen LogP contribution in [0.15, 0.2) is 542 Å². The fourth-order valence-electron chi connectivity index (χ4n) is 18.0. The molecule has 144 heavy (non-hydrogen) atoms. The van der Waals surface area contributed by atoms with Crippen molar-refractivity contribution in [1.82, 2.24) is 64.8 Å². The molecule has 11 aromatic carbocycles. The first-order chi connectivity index (χ1) is 71.3. The summed E-state index contributed by atoms with van der Waals surface area (Å²) in [7, 11) is 0. The lowest BCUT2D eigenvalue weighted by molar-refractivity contribution is 1.30. The van der Waals surface area contributed by atoms with Crippen LogP contribution in [-0.2, 0) is 0 Å². The van der Waals surface area contributed by atoms with Crippen molar-refractivity contribution in [1.29, 1.82) is 0 Å². The van der Waals surface area contributed by atoms with Gasteiger partial charge >= 0.3 is 0 Å². The lowest BCUT2D eigenvalue weighted by Crippen LogP contribution is -1.94. The Hall–Kier alpha value is -19.6. The van der Waals surface area contributed by atoms with E-state index >= 15 is 0 Å². The third kappa shape index (κ3) is 21.1. The minimum atomic E-state index is 0.867. The van der Waals surface area contributed by atoms with Crippen LogP contribution in [0.4, 0.5) is 0 Å². The van der Waals surface area contributed by atoms with Crippen molar-refractivity contribution in [3.05, 3.63) is 542 Å². The zero-order valence-corrected chi connectivity index (χ0v) is 78.2. The Morgan fingerprint density at radius 2 is 0.229 bits per heavy atom. The first kappa shape index (κ1) is 89.6. The molecule has 0 amide bonds. The van der Waals surface area contributed by atoms with Crippen LogP contribution in [-0.4, -0.2) is 64.8 Å². The molecule has 13 heterocycles. The normalized spacial score (nSPS) is 10.9. The summed E-state index contributed by atoms with van der Waals surface area (Å²) < 4.78 is 0. The average molecular weight is 1850 g/mol. The smallest absolute Gasteiger partial charge is 0.0715 e. The predicted octanol–water partition coefficient (Wildman–Crippen LogP) is 32.2. The summed E-state index contributed by atoms with van der Waals surface area (Å²) in [6.07, 6.45) is 25.6. The van der Waals surface area contributed by atoms with E-state index in [1.54, 1.807) is 0 Å². The van der Waals surface area contributed by atoms with Crippen LogP contribution < -0.4 is 0 Å². The van der Waals surface area contributed by atoms with Crippen LogP contribution in [0.1, 0.15) is 0 Å². The summed E-state index contributed by atoms with van der Waals surface area (Å²) in [6, 6.07) is 158. The molecule has 0 N–H and O–H groups in total. The van der Waals surface area contributed by atoms with Crippen LogP contribution in [0.5, 0.6) is 0 Å². The van der Waals surface area contributed by atoms with Crippen molar-refractivity contribution in [2.45, 2.75) is 0 Å². The second-order valence-corrected chi connectivity index (χ2v) is 34.7. The Bertz CT molecular complexity index is 7290. The Labute approximate surface area is 836 Å². The highest BCUT2D eigenvalue weighted by Crippen LogP contribution is 2.43. The fraction of sp³-hybridized carbons (Fsp3) is 0. The van der Waals surface area contributed by atoms with E-state index in [-0.39, 0.29) is 0 Å². The van der Waals surface area contributed by atoms with E-state index < -0.39 is 0 Å². The molecule has 0 bridgehead atoms. The monoisotopic (exact) mass is 1840 g/mol. The van der Waals surface area contributed by atoms with Gasteiger partial charge in [0.1, 0.15) is 0 Å². The first-order valence-electron chi connectivity index (χ1n) is 47.7. The number of nitrogens with zero attached hydrogens (tertiary/aromatic N) is 13. The van der Waals surface area contributed by atoms with E-state index in [0.29, 0.717) is 0 Å². The Balaban J connectivity index is 0.000000123. The number of benzene rings is 11. The predicted molar refractivity (Wildman–Crippen MR) is 585 cm³/mol. The Morgan fingerprint density at radius 3 is 0.451 bits per heavy atom. The van der Waals surface area contributed by atoms with Crippen molar-refractivity contribution in [2.75, 3.05) is 0 Å². The third-order valence-electron chi connectivity index (χ3n) is 25.3. The first-order valence-corrected chi connectivity index (χ1v) is 47.7. The van der Waals surface area contributed by atoms with Gasteiger partial charge in [0.2, 0.25) is 0 Å². The van der Waals surface area contributed by atoms with Crippen molar-refractivity contribution in [2.24, 2.45) is 0 Å². The largest absolute Gasteiger partial charge is 0.265 e. The van der Waals surface area contributed by atoms with Gasteiger partial charge in [-0.15, -0.1) is 0 Å². The molecule has 678 valence electrons. The van der Waals surface area contributed by atoms with Crippen molar-refractivity contribution >= 4 is 0 Å². The molecule has 0 spiro atoms. The number of hydrogen-bond donors (Lipinski definition) is 0. The minimum Gasteiger partial charge on any atom is -0.265 e. The summed E-state index contributed by atoms with van der Waals surface area (Å²) in [6.45, 7) is 0. The summed E-state index contributed by atoms with van der Waals surface area (Å²) in [5.74, 6) is 0. The molecule has 0 aliphatic heterocycles. The van der Waals surface area contributed by atoms with Gasteiger partial charge in [0.25, 0.3) is 0 Å². The summed E-state index contributed by atoms with van der Waals surface area (Å²) in [5, 5.41) is 0. The molecule has 0 aliphatic carbocycles. The molecule has 0 unspecified atom stereocenters. The van der Waals surface area contributed by atoms with Crippen LogP contribution in [0.2, 0.25) is 0 Å². The van der Waals surface area contributed by atoms with Gasteiger partial charge in [-0.25, -0.2) is 15.0 Å². The molecule has 0 saturated carbocycles. The van der Waals surface area contributed by atoms with Crippen molar-refractivity contribution in [3.63, 3.8) is 0 Å².